The molecule has 0 aliphatic carbocycles. The summed E-state index contributed by atoms with van der Waals surface area (Å²) >= 11 is 0. The molecule has 1 aromatic heterocycles. The second-order valence-electron chi connectivity index (χ2n) is 7.95. The van der Waals surface area contributed by atoms with Crippen LogP contribution in [0.15, 0.2) is 16.9 Å². The van der Waals surface area contributed by atoms with E-state index in [1.54, 1.807) is 6.92 Å². The van der Waals surface area contributed by atoms with Gasteiger partial charge < -0.3 is 15.6 Å². The Labute approximate surface area is 179 Å². The number of rotatable bonds is 4. The zero-order chi connectivity index (χ0) is 23.8. The van der Waals surface area contributed by atoms with Crippen LogP contribution in [0.3, 0.4) is 0 Å². The molecule has 2 heterocycles. The van der Waals surface area contributed by atoms with Gasteiger partial charge in [0.05, 0.1) is 24.4 Å². The first kappa shape index (κ1) is 23.7. The summed E-state index contributed by atoms with van der Waals surface area (Å²) in [6.45, 7) is 3.03. The summed E-state index contributed by atoms with van der Waals surface area (Å²) in [6, 6.07) is 2.17. The van der Waals surface area contributed by atoms with Crippen LogP contribution in [0.5, 0.6) is 0 Å². The normalized spacial score (nSPS) is 22.4. The Morgan fingerprint density at radius 3 is 2.66 bits per heavy atom. The van der Waals surface area contributed by atoms with Gasteiger partial charge in [0.2, 0.25) is 5.91 Å². The number of benzene rings is 1. The van der Waals surface area contributed by atoms with Crippen LogP contribution in [0.1, 0.15) is 30.0 Å². The van der Waals surface area contributed by atoms with Crippen molar-refractivity contribution in [3.63, 3.8) is 0 Å². The number of piperidine rings is 1. The molecule has 3 unspecified atom stereocenters. The number of nitrogens with zero attached hydrogens (tertiary/aromatic N) is 1. The number of pyridine rings is 1. The number of alkyl halides is 4. The molecule has 1 aliphatic rings. The molecule has 1 amide bonds. The molecule has 172 valence electrons. The van der Waals surface area contributed by atoms with Gasteiger partial charge in [-0.1, -0.05) is 0 Å². The van der Waals surface area contributed by atoms with E-state index in [1.165, 1.54) is 6.92 Å². The lowest BCUT2D eigenvalue weighted by Crippen LogP contribution is -2.57. The monoisotopic (exact) mass is 456 g/mol. The molecule has 2 aromatic rings. The van der Waals surface area contributed by atoms with E-state index >= 15 is 0 Å². The van der Waals surface area contributed by atoms with Crippen LogP contribution >= 0.6 is 0 Å². The lowest BCUT2D eigenvalue weighted by Gasteiger charge is -2.34. The molecule has 1 saturated heterocycles. The van der Waals surface area contributed by atoms with E-state index in [2.05, 4.69) is 15.6 Å². The molecule has 1 fully saturated rings. The molecule has 3 rings (SSSR count). The number of H-pyrrole nitrogens is 1. The topological polar surface area (TPSA) is 97.8 Å². The highest BCUT2D eigenvalue weighted by Crippen LogP contribution is 2.37. The quantitative estimate of drug-likeness (QED) is 0.617. The standard InChI is InChI=1S/C21H21F5N4O2/c1-9-12(6-16(31)29-10(2)19-14(23)5-11(7-27)8-28-19)20(32)30-15-4-3-13(22)18(17(9)15)21(24,25)26/h3-4,10-11,14,19,28H,5-6,8H2,1-2H3,(H,29,31)(H,30,32)/t10-,11?,14?,19?/m1/s1. The summed E-state index contributed by atoms with van der Waals surface area (Å²) in [6.07, 6.45) is -6.94. The largest absolute Gasteiger partial charge is 0.419 e. The molecule has 0 saturated carbocycles. The van der Waals surface area contributed by atoms with Crippen molar-refractivity contribution >= 4 is 16.8 Å². The molecule has 3 N–H and O–H groups in total. The van der Waals surface area contributed by atoms with Gasteiger partial charge in [-0.05, 0) is 38.0 Å². The third-order valence-electron chi connectivity index (χ3n) is 5.73. The van der Waals surface area contributed by atoms with Crippen molar-refractivity contribution in [1.82, 2.24) is 15.6 Å². The van der Waals surface area contributed by atoms with Crippen molar-refractivity contribution in [1.29, 1.82) is 5.26 Å². The van der Waals surface area contributed by atoms with E-state index in [4.69, 9.17) is 5.26 Å². The molecule has 1 aromatic carbocycles. The number of amides is 1. The third kappa shape index (κ3) is 4.60. The number of nitrogens with one attached hydrogen (secondary N) is 3. The van der Waals surface area contributed by atoms with Crippen LogP contribution in [0.2, 0.25) is 0 Å². The molecular formula is C21H21F5N4O2. The van der Waals surface area contributed by atoms with Crippen molar-refractivity contribution in [2.75, 3.05) is 6.54 Å². The van der Waals surface area contributed by atoms with Gasteiger partial charge >= 0.3 is 6.18 Å². The first-order valence-electron chi connectivity index (χ1n) is 9.91. The van der Waals surface area contributed by atoms with Crippen LogP contribution in [0, 0.1) is 30.0 Å². The predicted molar refractivity (Wildman–Crippen MR) is 106 cm³/mol. The number of halogens is 5. The van der Waals surface area contributed by atoms with Crippen molar-refractivity contribution in [2.24, 2.45) is 5.92 Å². The smallest absolute Gasteiger partial charge is 0.352 e. The van der Waals surface area contributed by atoms with Crippen LogP contribution < -0.4 is 16.2 Å². The number of carbonyl (C=O) groups is 1. The molecule has 11 heteroatoms. The molecule has 4 atom stereocenters. The Morgan fingerprint density at radius 1 is 1.38 bits per heavy atom. The minimum absolute atomic E-state index is 0.0175. The van der Waals surface area contributed by atoms with Gasteiger partial charge in [-0.2, -0.15) is 18.4 Å². The second kappa shape index (κ2) is 8.86. The summed E-state index contributed by atoms with van der Waals surface area (Å²) in [5.74, 6) is -2.67. The first-order chi connectivity index (χ1) is 14.9. The van der Waals surface area contributed by atoms with E-state index in [0.29, 0.717) is 6.07 Å². The summed E-state index contributed by atoms with van der Waals surface area (Å²) < 4.78 is 68.7. The van der Waals surface area contributed by atoms with Crippen LogP contribution in [0.25, 0.3) is 10.9 Å². The van der Waals surface area contributed by atoms with Crippen LogP contribution in [0.4, 0.5) is 22.0 Å². The number of aromatic amines is 1. The number of aromatic nitrogens is 1. The molecule has 6 nitrogen and oxygen atoms in total. The zero-order valence-electron chi connectivity index (χ0n) is 17.2. The summed E-state index contributed by atoms with van der Waals surface area (Å²) in [5, 5.41) is 13.8. The highest BCUT2D eigenvalue weighted by Gasteiger charge is 2.38. The zero-order valence-corrected chi connectivity index (χ0v) is 17.2. The van der Waals surface area contributed by atoms with E-state index in [0.717, 1.165) is 6.07 Å². The predicted octanol–water partition coefficient (Wildman–Crippen LogP) is 2.88. The fourth-order valence-electron chi connectivity index (χ4n) is 4.13. The number of carbonyl (C=O) groups excluding carboxylic acids is 1. The van der Waals surface area contributed by atoms with E-state index in [1.807, 2.05) is 6.07 Å². The summed E-state index contributed by atoms with van der Waals surface area (Å²) in [7, 11) is 0. The SMILES string of the molecule is Cc1c(CC(=O)N[C@H](C)C2NCC(C#N)CC2F)c(=O)[nH]c2ccc(F)c(C(F)(F)F)c12. The average molecular weight is 456 g/mol. The molecule has 0 bridgehead atoms. The number of hydrogen-bond acceptors (Lipinski definition) is 4. The maximum absolute atomic E-state index is 14.3. The Hall–Kier alpha value is -3.00. The maximum Gasteiger partial charge on any atom is 0.419 e. The fourth-order valence-corrected chi connectivity index (χ4v) is 4.13. The minimum atomic E-state index is -5.01. The number of hydrogen-bond donors (Lipinski definition) is 3. The van der Waals surface area contributed by atoms with Crippen LogP contribution in [-0.2, 0) is 17.4 Å². The highest BCUT2D eigenvalue weighted by atomic mass is 19.4. The van der Waals surface area contributed by atoms with E-state index < -0.39 is 65.0 Å². The van der Waals surface area contributed by atoms with Gasteiger partial charge in [0, 0.05) is 29.1 Å². The average Bonchev–Trinajstić information content (AvgIpc) is 2.70. The molecule has 1 aliphatic heterocycles. The maximum atomic E-state index is 14.3. The van der Waals surface area contributed by atoms with Gasteiger partial charge in [-0.15, -0.1) is 0 Å². The van der Waals surface area contributed by atoms with Crippen LogP contribution in [-0.4, -0.2) is 35.7 Å². The third-order valence-corrected chi connectivity index (χ3v) is 5.73. The lowest BCUT2D eigenvalue weighted by molar-refractivity contribution is -0.138. The van der Waals surface area contributed by atoms with Crippen molar-refractivity contribution in [3.05, 3.63) is 45.0 Å². The second-order valence-corrected chi connectivity index (χ2v) is 7.95. The van der Waals surface area contributed by atoms with Gasteiger partial charge in [0.15, 0.2) is 0 Å². The lowest BCUT2D eigenvalue weighted by atomic mass is 9.90. The van der Waals surface area contributed by atoms with E-state index in [9.17, 15) is 31.5 Å². The van der Waals surface area contributed by atoms with Gasteiger partial charge in [0.1, 0.15) is 17.6 Å². The molecule has 0 radical (unpaired) electrons. The summed E-state index contributed by atoms with van der Waals surface area (Å²) in [4.78, 5) is 27.2. The van der Waals surface area contributed by atoms with Crippen molar-refractivity contribution in [2.45, 2.75) is 51.1 Å². The number of aryl methyl sites for hydroxylation is 1. The fraction of sp³-hybridized carbons (Fsp3) is 0.476. The number of fused-ring (bicyclic) bond motifs is 1. The van der Waals surface area contributed by atoms with Gasteiger partial charge in [0.25, 0.3) is 5.56 Å². The van der Waals surface area contributed by atoms with Gasteiger partial charge in [-0.3, -0.25) is 9.59 Å². The highest BCUT2D eigenvalue weighted by molar-refractivity contribution is 5.89. The Bertz CT molecular complexity index is 1140. The van der Waals surface area contributed by atoms with E-state index in [-0.39, 0.29) is 29.6 Å². The Balaban J connectivity index is 1.87. The summed E-state index contributed by atoms with van der Waals surface area (Å²) in [5.41, 5.74) is -2.88. The minimum Gasteiger partial charge on any atom is -0.352 e. The Kier molecular flexibility index (Phi) is 6.55. The van der Waals surface area contributed by atoms with Gasteiger partial charge in [-0.25, -0.2) is 8.78 Å². The molecule has 32 heavy (non-hydrogen) atoms. The van der Waals surface area contributed by atoms with Crippen molar-refractivity contribution in [3.8, 4) is 6.07 Å². The molecule has 0 spiro atoms. The number of nitriles is 1. The van der Waals surface area contributed by atoms with Crippen molar-refractivity contribution < 1.29 is 26.7 Å². The Morgan fingerprint density at radius 2 is 2.06 bits per heavy atom. The molecular weight excluding hydrogens is 435 g/mol. The first-order valence-corrected chi connectivity index (χ1v) is 9.91.